The second kappa shape index (κ2) is 7.35. The second-order valence-electron chi connectivity index (χ2n) is 4.44. The summed E-state index contributed by atoms with van der Waals surface area (Å²) < 4.78 is 32.6. The van der Waals surface area contributed by atoms with E-state index < -0.39 is 10.0 Å². The standard InChI is InChI=1S/C12H22N2O3S2/c1-4-5-10(7-17-3)14-19(15,16)12-9(2)8-18-11(12)6-13/h8,10,14H,4-7,13H2,1-3H3. The van der Waals surface area contributed by atoms with E-state index in [2.05, 4.69) is 4.72 Å². The van der Waals surface area contributed by atoms with Crippen LogP contribution in [0.15, 0.2) is 10.3 Å². The molecule has 1 rings (SSSR count). The van der Waals surface area contributed by atoms with Crippen molar-refractivity contribution in [1.29, 1.82) is 0 Å². The van der Waals surface area contributed by atoms with Crippen LogP contribution in [0.25, 0.3) is 0 Å². The van der Waals surface area contributed by atoms with Gasteiger partial charge in [-0.3, -0.25) is 0 Å². The number of hydrogen-bond acceptors (Lipinski definition) is 5. The first kappa shape index (κ1) is 16.6. The molecule has 0 aromatic carbocycles. The lowest BCUT2D eigenvalue weighted by Gasteiger charge is -2.17. The minimum absolute atomic E-state index is 0.204. The highest BCUT2D eigenvalue weighted by Crippen LogP contribution is 2.26. The van der Waals surface area contributed by atoms with Gasteiger partial charge in [-0.2, -0.15) is 0 Å². The average Bonchev–Trinajstić information content (AvgIpc) is 2.71. The highest BCUT2D eigenvalue weighted by molar-refractivity contribution is 7.89. The van der Waals surface area contributed by atoms with Gasteiger partial charge < -0.3 is 10.5 Å². The monoisotopic (exact) mass is 306 g/mol. The fraction of sp³-hybridized carbons (Fsp3) is 0.667. The molecule has 0 spiro atoms. The molecule has 5 nitrogen and oxygen atoms in total. The molecule has 0 aliphatic rings. The lowest BCUT2D eigenvalue weighted by atomic mass is 10.2. The molecule has 0 aliphatic carbocycles. The largest absolute Gasteiger partial charge is 0.383 e. The van der Waals surface area contributed by atoms with Crippen LogP contribution in [0.2, 0.25) is 0 Å². The molecule has 0 saturated carbocycles. The van der Waals surface area contributed by atoms with Crippen LogP contribution in [0.5, 0.6) is 0 Å². The topological polar surface area (TPSA) is 81.4 Å². The van der Waals surface area contributed by atoms with E-state index in [-0.39, 0.29) is 12.6 Å². The molecule has 1 heterocycles. The first-order valence-electron chi connectivity index (χ1n) is 6.24. The van der Waals surface area contributed by atoms with Gasteiger partial charge in [0.2, 0.25) is 10.0 Å². The quantitative estimate of drug-likeness (QED) is 0.764. The summed E-state index contributed by atoms with van der Waals surface area (Å²) >= 11 is 1.38. The Morgan fingerprint density at radius 3 is 2.74 bits per heavy atom. The zero-order valence-electron chi connectivity index (χ0n) is 11.6. The van der Waals surface area contributed by atoms with E-state index >= 15 is 0 Å². The zero-order valence-corrected chi connectivity index (χ0v) is 13.2. The fourth-order valence-corrected chi connectivity index (χ4v) is 4.95. The fourth-order valence-electron chi connectivity index (χ4n) is 1.99. The normalized spacial score (nSPS) is 13.7. The van der Waals surface area contributed by atoms with Gasteiger partial charge in [-0.15, -0.1) is 11.3 Å². The number of aryl methyl sites for hydroxylation is 1. The molecule has 1 unspecified atom stereocenters. The number of nitrogens with two attached hydrogens (primary N) is 1. The van der Waals surface area contributed by atoms with Crippen molar-refractivity contribution in [3.63, 3.8) is 0 Å². The van der Waals surface area contributed by atoms with Crippen LogP contribution in [0.4, 0.5) is 0 Å². The van der Waals surface area contributed by atoms with Crippen molar-refractivity contribution >= 4 is 21.4 Å². The number of thiophene rings is 1. The molecule has 1 aromatic rings. The zero-order chi connectivity index (χ0) is 14.5. The smallest absolute Gasteiger partial charge is 0.242 e. The number of hydrogen-bond donors (Lipinski definition) is 2. The van der Waals surface area contributed by atoms with Gasteiger partial charge in [0.1, 0.15) is 4.90 Å². The summed E-state index contributed by atoms with van der Waals surface area (Å²) in [6.45, 7) is 4.40. The summed E-state index contributed by atoms with van der Waals surface area (Å²) in [6.07, 6.45) is 1.64. The van der Waals surface area contributed by atoms with Crippen molar-refractivity contribution in [1.82, 2.24) is 4.72 Å². The van der Waals surface area contributed by atoms with Crippen molar-refractivity contribution in [2.45, 2.75) is 44.2 Å². The van der Waals surface area contributed by atoms with Gasteiger partial charge in [0.25, 0.3) is 0 Å². The number of ether oxygens (including phenoxy) is 1. The van der Waals surface area contributed by atoms with Gasteiger partial charge in [0.15, 0.2) is 0 Å². The summed E-state index contributed by atoms with van der Waals surface area (Å²) in [6, 6.07) is -0.204. The molecular weight excluding hydrogens is 284 g/mol. The number of methoxy groups -OCH3 is 1. The molecule has 7 heteroatoms. The van der Waals surface area contributed by atoms with E-state index in [0.29, 0.717) is 16.4 Å². The molecule has 0 saturated heterocycles. The molecule has 1 aromatic heterocycles. The maximum absolute atomic E-state index is 12.4. The Kier molecular flexibility index (Phi) is 6.41. The predicted molar refractivity (Wildman–Crippen MR) is 77.8 cm³/mol. The van der Waals surface area contributed by atoms with E-state index in [1.807, 2.05) is 12.3 Å². The van der Waals surface area contributed by atoms with Gasteiger partial charge in [0.05, 0.1) is 6.61 Å². The van der Waals surface area contributed by atoms with Crippen molar-refractivity contribution < 1.29 is 13.2 Å². The Morgan fingerprint density at radius 2 is 2.21 bits per heavy atom. The van der Waals surface area contributed by atoms with Gasteiger partial charge in [0, 0.05) is 24.6 Å². The summed E-state index contributed by atoms with van der Waals surface area (Å²) in [7, 11) is -1.97. The molecule has 0 aliphatic heterocycles. The summed E-state index contributed by atoms with van der Waals surface area (Å²) in [4.78, 5) is 1.02. The number of nitrogens with one attached hydrogen (secondary N) is 1. The molecular formula is C12H22N2O3S2. The van der Waals surface area contributed by atoms with Gasteiger partial charge in [-0.05, 0) is 24.3 Å². The minimum Gasteiger partial charge on any atom is -0.383 e. The van der Waals surface area contributed by atoms with Crippen LogP contribution >= 0.6 is 11.3 Å². The van der Waals surface area contributed by atoms with Crippen molar-refractivity contribution in [3.8, 4) is 0 Å². The summed E-state index contributed by atoms with van der Waals surface area (Å²) in [5.41, 5.74) is 6.34. The van der Waals surface area contributed by atoms with Crippen LogP contribution in [0, 0.1) is 6.92 Å². The number of sulfonamides is 1. The predicted octanol–water partition coefficient (Wildman–Crippen LogP) is 1.61. The molecule has 110 valence electrons. The van der Waals surface area contributed by atoms with Gasteiger partial charge >= 0.3 is 0 Å². The Labute approximate surface area is 119 Å². The third kappa shape index (κ3) is 4.25. The van der Waals surface area contributed by atoms with E-state index in [0.717, 1.165) is 18.4 Å². The van der Waals surface area contributed by atoms with Crippen LogP contribution in [0.3, 0.4) is 0 Å². The van der Waals surface area contributed by atoms with E-state index in [1.165, 1.54) is 11.3 Å². The molecule has 0 radical (unpaired) electrons. The van der Waals surface area contributed by atoms with Crippen molar-refractivity contribution in [2.75, 3.05) is 13.7 Å². The SMILES string of the molecule is CCCC(COC)NS(=O)(=O)c1c(C)csc1CN. The van der Waals surface area contributed by atoms with Crippen molar-refractivity contribution in [2.24, 2.45) is 5.73 Å². The van der Waals surface area contributed by atoms with Gasteiger partial charge in [-0.25, -0.2) is 13.1 Å². The van der Waals surface area contributed by atoms with Crippen LogP contribution in [0.1, 0.15) is 30.2 Å². The molecule has 0 fully saturated rings. The lowest BCUT2D eigenvalue weighted by Crippen LogP contribution is -2.38. The van der Waals surface area contributed by atoms with Crippen LogP contribution < -0.4 is 10.5 Å². The second-order valence-corrected chi connectivity index (χ2v) is 7.05. The first-order chi connectivity index (χ1) is 8.96. The number of rotatable bonds is 8. The molecule has 0 amide bonds. The molecule has 1 atom stereocenters. The lowest BCUT2D eigenvalue weighted by molar-refractivity contribution is 0.171. The van der Waals surface area contributed by atoms with E-state index in [1.54, 1.807) is 14.0 Å². The Morgan fingerprint density at radius 1 is 1.53 bits per heavy atom. The summed E-state index contributed by atoms with van der Waals surface area (Å²) in [5.74, 6) is 0. The third-order valence-electron chi connectivity index (χ3n) is 2.77. The maximum atomic E-state index is 12.4. The molecule has 19 heavy (non-hydrogen) atoms. The van der Waals surface area contributed by atoms with E-state index in [9.17, 15) is 8.42 Å². The van der Waals surface area contributed by atoms with Crippen molar-refractivity contribution in [3.05, 3.63) is 15.8 Å². The Hall–Kier alpha value is -0.470. The Balaban J connectivity index is 2.99. The highest BCUT2D eigenvalue weighted by Gasteiger charge is 2.25. The average molecular weight is 306 g/mol. The molecule has 0 bridgehead atoms. The first-order valence-corrected chi connectivity index (χ1v) is 8.60. The van der Waals surface area contributed by atoms with Crippen LogP contribution in [-0.4, -0.2) is 28.2 Å². The highest BCUT2D eigenvalue weighted by atomic mass is 32.2. The van der Waals surface area contributed by atoms with E-state index in [4.69, 9.17) is 10.5 Å². The minimum atomic E-state index is -3.53. The maximum Gasteiger partial charge on any atom is 0.242 e. The Bertz CT molecular complexity index is 491. The van der Waals surface area contributed by atoms with Gasteiger partial charge in [-0.1, -0.05) is 13.3 Å². The van der Waals surface area contributed by atoms with Crippen LogP contribution in [-0.2, 0) is 21.3 Å². The summed E-state index contributed by atoms with van der Waals surface area (Å²) in [5, 5.41) is 1.82. The molecule has 3 N–H and O–H groups in total. The third-order valence-corrected chi connectivity index (χ3v) is 5.78.